The van der Waals surface area contributed by atoms with E-state index in [1.807, 2.05) is 13.0 Å². The first kappa shape index (κ1) is 12.0. The van der Waals surface area contributed by atoms with Crippen LogP contribution >= 0.6 is 0 Å². The Balaban J connectivity index is 2.14. The Morgan fingerprint density at radius 1 is 1.41 bits per heavy atom. The zero-order valence-electron chi connectivity index (χ0n) is 10.7. The molecule has 1 amide bonds. The molecule has 1 aliphatic rings. The number of anilines is 1. The van der Waals surface area contributed by atoms with Crippen molar-refractivity contribution in [2.24, 2.45) is 5.92 Å². The summed E-state index contributed by atoms with van der Waals surface area (Å²) in [5.74, 6) is 0.625. The highest BCUT2D eigenvalue weighted by molar-refractivity contribution is 5.96. The number of carbonyl (C=O) groups excluding carboxylic acids is 1. The van der Waals surface area contributed by atoms with Gasteiger partial charge in [-0.2, -0.15) is 0 Å². The van der Waals surface area contributed by atoms with Crippen LogP contribution in [0.5, 0.6) is 0 Å². The predicted molar refractivity (Wildman–Crippen MR) is 69.9 cm³/mol. The standard InChI is InChI=1S/C14H20N2O/c1-9-8-11(15)6-7-12(9)13(17)16-14(2,3)10-4-5-10/h6-8,10H,4-5,15H2,1-3H3,(H,16,17). The lowest BCUT2D eigenvalue weighted by molar-refractivity contribution is 0.0903. The zero-order valence-corrected chi connectivity index (χ0v) is 10.7. The maximum Gasteiger partial charge on any atom is 0.251 e. The molecule has 0 aliphatic heterocycles. The molecule has 1 saturated carbocycles. The summed E-state index contributed by atoms with van der Waals surface area (Å²) >= 11 is 0. The number of nitrogens with one attached hydrogen (secondary N) is 1. The van der Waals surface area contributed by atoms with Crippen LogP contribution in [0, 0.1) is 12.8 Å². The molecule has 0 unspecified atom stereocenters. The first-order valence-corrected chi connectivity index (χ1v) is 6.09. The van der Waals surface area contributed by atoms with Crippen molar-refractivity contribution in [2.75, 3.05) is 5.73 Å². The number of benzene rings is 1. The lowest BCUT2D eigenvalue weighted by atomic mass is 9.97. The minimum absolute atomic E-state index is 0.000556. The van der Waals surface area contributed by atoms with E-state index in [9.17, 15) is 4.79 Å². The SMILES string of the molecule is Cc1cc(N)ccc1C(=O)NC(C)(C)C1CC1. The van der Waals surface area contributed by atoms with Crippen molar-refractivity contribution in [1.82, 2.24) is 5.32 Å². The molecule has 17 heavy (non-hydrogen) atoms. The van der Waals surface area contributed by atoms with Gasteiger partial charge in [-0.1, -0.05) is 0 Å². The lowest BCUT2D eigenvalue weighted by Crippen LogP contribution is -2.45. The normalized spacial score (nSPS) is 15.7. The molecule has 3 N–H and O–H groups in total. The molecule has 0 aromatic heterocycles. The van der Waals surface area contributed by atoms with Gasteiger partial charge in [0.15, 0.2) is 0 Å². The summed E-state index contributed by atoms with van der Waals surface area (Å²) in [6.07, 6.45) is 2.43. The molecule has 1 fully saturated rings. The number of hydrogen-bond donors (Lipinski definition) is 2. The van der Waals surface area contributed by atoms with E-state index in [0.29, 0.717) is 17.2 Å². The molecule has 1 aromatic rings. The number of rotatable bonds is 3. The van der Waals surface area contributed by atoms with Crippen molar-refractivity contribution in [3.05, 3.63) is 29.3 Å². The largest absolute Gasteiger partial charge is 0.399 e. The fourth-order valence-electron chi connectivity index (χ4n) is 2.21. The van der Waals surface area contributed by atoms with Crippen molar-refractivity contribution in [3.63, 3.8) is 0 Å². The molecule has 1 aliphatic carbocycles. The summed E-state index contributed by atoms with van der Waals surface area (Å²) in [6, 6.07) is 5.40. The number of hydrogen-bond acceptors (Lipinski definition) is 2. The van der Waals surface area contributed by atoms with Gasteiger partial charge in [0.25, 0.3) is 5.91 Å². The van der Waals surface area contributed by atoms with Crippen molar-refractivity contribution in [3.8, 4) is 0 Å². The van der Waals surface area contributed by atoms with E-state index >= 15 is 0 Å². The van der Waals surface area contributed by atoms with Crippen LogP contribution in [0.25, 0.3) is 0 Å². The topological polar surface area (TPSA) is 55.1 Å². The van der Waals surface area contributed by atoms with E-state index in [-0.39, 0.29) is 11.4 Å². The molecule has 0 heterocycles. The van der Waals surface area contributed by atoms with Crippen molar-refractivity contribution < 1.29 is 4.79 Å². The molecule has 92 valence electrons. The van der Waals surface area contributed by atoms with Crippen LogP contribution in [-0.4, -0.2) is 11.4 Å². The second-order valence-electron chi connectivity index (χ2n) is 5.52. The van der Waals surface area contributed by atoms with Crippen LogP contribution in [0.15, 0.2) is 18.2 Å². The molecule has 0 saturated heterocycles. The van der Waals surface area contributed by atoms with Gasteiger partial charge in [-0.25, -0.2) is 0 Å². The van der Waals surface area contributed by atoms with E-state index in [1.54, 1.807) is 12.1 Å². The van der Waals surface area contributed by atoms with Gasteiger partial charge in [0.05, 0.1) is 0 Å². The lowest BCUT2D eigenvalue weighted by Gasteiger charge is -2.26. The third-order valence-electron chi connectivity index (χ3n) is 3.53. The molecule has 1 aromatic carbocycles. The Hall–Kier alpha value is -1.51. The Kier molecular flexibility index (Phi) is 2.86. The van der Waals surface area contributed by atoms with E-state index in [1.165, 1.54) is 12.8 Å². The van der Waals surface area contributed by atoms with Crippen LogP contribution in [-0.2, 0) is 0 Å². The van der Waals surface area contributed by atoms with Crippen molar-refractivity contribution in [1.29, 1.82) is 0 Å². The third kappa shape index (κ3) is 2.60. The predicted octanol–water partition coefficient (Wildman–Crippen LogP) is 2.50. The van der Waals surface area contributed by atoms with Crippen LogP contribution in [0.1, 0.15) is 42.6 Å². The van der Waals surface area contributed by atoms with Gasteiger partial charge in [-0.3, -0.25) is 4.79 Å². The molecule has 3 nitrogen and oxygen atoms in total. The number of aryl methyl sites for hydroxylation is 1. The highest BCUT2D eigenvalue weighted by Crippen LogP contribution is 2.39. The van der Waals surface area contributed by atoms with Gasteiger partial charge in [0, 0.05) is 16.8 Å². The fraction of sp³-hybridized carbons (Fsp3) is 0.500. The summed E-state index contributed by atoms with van der Waals surface area (Å²) in [5, 5.41) is 3.12. The summed E-state index contributed by atoms with van der Waals surface area (Å²) in [6.45, 7) is 6.10. The Bertz CT molecular complexity index is 448. The molecule has 0 spiro atoms. The van der Waals surface area contributed by atoms with Crippen LogP contribution < -0.4 is 11.1 Å². The van der Waals surface area contributed by atoms with Crippen molar-refractivity contribution >= 4 is 11.6 Å². The van der Waals surface area contributed by atoms with E-state index in [4.69, 9.17) is 5.73 Å². The zero-order chi connectivity index (χ0) is 12.6. The molecule has 2 rings (SSSR count). The molecule has 0 bridgehead atoms. The molecule has 0 radical (unpaired) electrons. The van der Waals surface area contributed by atoms with Gasteiger partial charge in [0.2, 0.25) is 0 Å². The maximum absolute atomic E-state index is 12.2. The van der Waals surface area contributed by atoms with E-state index < -0.39 is 0 Å². The van der Waals surface area contributed by atoms with Gasteiger partial charge >= 0.3 is 0 Å². The first-order valence-electron chi connectivity index (χ1n) is 6.09. The van der Waals surface area contributed by atoms with Crippen molar-refractivity contribution in [2.45, 2.75) is 39.2 Å². The summed E-state index contributed by atoms with van der Waals surface area (Å²) in [7, 11) is 0. The monoisotopic (exact) mass is 232 g/mol. The minimum atomic E-state index is -0.106. The molecular weight excluding hydrogens is 212 g/mol. The Morgan fingerprint density at radius 3 is 2.59 bits per heavy atom. The highest BCUT2D eigenvalue weighted by atomic mass is 16.1. The van der Waals surface area contributed by atoms with E-state index in [2.05, 4.69) is 19.2 Å². The number of amides is 1. The average molecular weight is 232 g/mol. The van der Waals surface area contributed by atoms with Gasteiger partial charge in [-0.15, -0.1) is 0 Å². The highest BCUT2D eigenvalue weighted by Gasteiger charge is 2.38. The van der Waals surface area contributed by atoms with Gasteiger partial charge < -0.3 is 11.1 Å². The Labute approximate surface area is 102 Å². The van der Waals surface area contributed by atoms with Crippen LogP contribution in [0.3, 0.4) is 0 Å². The summed E-state index contributed by atoms with van der Waals surface area (Å²) < 4.78 is 0. The molecule has 0 atom stereocenters. The fourth-order valence-corrected chi connectivity index (χ4v) is 2.21. The second kappa shape index (κ2) is 4.06. The smallest absolute Gasteiger partial charge is 0.251 e. The summed E-state index contributed by atoms with van der Waals surface area (Å²) in [5.41, 5.74) is 7.91. The van der Waals surface area contributed by atoms with E-state index in [0.717, 1.165) is 5.56 Å². The third-order valence-corrected chi connectivity index (χ3v) is 3.53. The number of carbonyl (C=O) groups is 1. The number of nitrogen functional groups attached to an aromatic ring is 1. The Morgan fingerprint density at radius 2 is 2.06 bits per heavy atom. The molecule has 3 heteroatoms. The first-order chi connectivity index (χ1) is 7.90. The number of nitrogens with two attached hydrogens (primary N) is 1. The van der Waals surface area contributed by atoms with Gasteiger partial charge in [-0.05, 0) is 63.3 Å². The summed E-state index contributed by atoms with van der Waals surface area (Å²) in [4.78, 5) is 12.2. The second-order valence-corrected chi connectivity index (χ2v) is 5.52. The quantitative estimate of drug-likeness (QED) is 0.787. The van der Waals surface area contributed by atoms with Crippen LogP contribution in [0.4, 0.5) is 5.69 Å². The maximum atomic E-state index is 12.2. The average Bonchev–Trinajstić information content (AvgIpc) is 2.98. The van der Waals surface area contributed by atoms with Gasteiger partial charge in [0.1, 0.15) is 0 Å². The molecular formula is C14H20N2O. The minimum Gasteiger partial charge on any atom is -0.399 e. The van der Waals surface area contributed by atoms with Crippen LogP contribution in [0.2, 0.25) is 0 Å².